The van der Waals surface area contributed by atoms with Gasteiger partial charge in [-0.2, -0.15) is 0 Å². The Kier molecular flexibility index (Phi) is 3.91. The number of nitrogens with one attached hydrogen (secondary N) is 1. The molecule has 0 atom stereocenters. The number of rotatable bonds is 5. The van der Waals surface area contributed by atoms with Crippen molar-refractivity contribution >= 4 is 38.0 Å². The molecular formula is C11H8N2O6S2. The number of hydrogen-bond donors (Lipinski definition) is 2. The van der Waals surface area contributed by atoms with Gasteiger partial charge in [-0.25, -0.2) is 13.2 Å². The van der Waals surface area contributed by atoms with Gasteiger partial charge >= 0.3 is 5.97 Å². The van der Waals surface area contributed by atoms with Crippen molar-refractivity contribution < 1.29 is 23.2 Å². The molecule has 110 valence electrons. The maximum atomic E-state index is 12.0. The van der Waals surface area contributed by atoms with E-state index in [1.807, 2.05) is 0 Å². The topological polar surface area (TPSA) is 127 Å². The number of anilines is 1. The van der Waals surface area contributed by atoms with Gasteiger partial charge < -0.3 is 5.11 Å². The van der Waals surface area contributed by atoms with Crippen LogP contribution in [0.5, 0.6) is 0 Å². The van der Waals surface area contributed by atoms with Gasteiger partial charge in [0.05, 0.1) is 9.82 Å². The summed E-state index contributed by atoms with van der Waals surface area (Å²) in [4.78, 5) is 20.4. The smallest absolute Gasteiger partial charge is 0.345 e. The number of sulfonamides is 1. The number of benzene rings is 1. The summed E-state index contributed by atoms with van der Waals surface area (Å²) in [5.74, 6) is -1.15. The Bertz CT molecular complexity index is 794. The number of non-ortho nitro benzene ring substituents is 1. The first kappa shape index (κ1) is 14.9. The van der Waals surface area contributed by atoms with Crippen LogP contribution in [0.3, 0.4) is 0 Å². The molecule has 0 aliphatic heterocycles. The molecule has 0 spiro atoms. The van der Waals surface area contributed by atoms with Crippen molar-refractivity contribution in [1.29, 1.82) is 0 Å². The molecule has 10 heteroatoms. The normalized spacial score (nSPS) is 11.0. The summed E-state index contributed by atoms with van der Waals surface area (Å²) in [7, 11) is -3.92. The van der Waals surface area contributed by atoms with E-state index < -0.39 is 20.9 Å². The van der Waals surface area contributed by atoms with Crippen LogP contribution in [-0.4, -0.2) is 24.4 Å². The van der Waals surface area contributed by atoms with Gasteiger partial charge in [-0.3, -0.25) is 14.8 Å². The average molecular weight is 328 g/mol. The average Bonchev–Trinajstić information content (AvgIpc) is 2.87. The van der Waals surface area contributed by atoms with E-state index >= 15 is 0 Å². The first-order valence-electron chi connectivity index (χ1n) is 5.40. The standard InChI is InChI=1S/C11H8N2O6S2/c14-11(15)9-5-6-10(20-9)12-21(18,19)8-3-1-7(2-4-8)13(16)17/h1-6,12H,(H,14,15). The van der Waals surface area contributed by atoms with Gasteiger partial charge in [0.15, 0.2) is 0 Å². The van der Waals surface area contributed by atoms with Crippen molar-refractivity contribution in [2.45, 2.75) is 4.90 Å². The summed E-state index contributed by atoms with van der Waals surface area (Å²) in [5.41, 5.74) is -0.224. The molecule has 0 aliphatic rings. The van der Waals surface area contributed by atoms with E-state index in [1.165, 1.54) is 12.1 Å². The fraction of sp³-hybridized carbons (Fsp3) is 0. The minimum Gasteiger partial charge on any atom is -0.477 e. The lowest BCUT2D eigenvalue weighted by atomic mass is 10.3. The Hall–Kier alpha value is -2.46. The highest BCUT2D eigenvalue weighted by Crippen LogP contribution is 2.25. The zero-order valence-corrected chi connectivity index (χ0v) is 11.8. The van der Waals surface area contributed by atoms with E-state index in [0.29, 0.717) is 0 Å². The van der Waals surface area contributed by atoms with Crippen molar-refractivity contribution in [1.82, 2.24) is 0 Å². The SMILES string of the molecule is O=C(O)c1ccc(NS(=O)(=O)c2ccc([N+](=O)[O-])cc2)s1. The molecule has 0 aliphatic carbocycles. The van der Waals surface area contributed by atoms with Crippen LogP contribution in [0.25, 0.3) is 0 Å². The highest BCUT2D eigenvalue weighted by molar-refractivity contribution is 7.93. The van der Waals surface area contributed by atoms with Crippen LogP contribution >= 0.6 is 11.3 Å². The van der Waals surface area contributed by atoms with Gasteiger partial charge in [-0.1, -0.05) is 0 Å². The van der Waals surface area contributed by atoms with Gasteiger partial charge in [0.2, 0.25) is 0 Å². The number of nitro benzene ring substituents is 1. The molecule has 1 heterocycles. The van der Waals surface area contributed by atoms with E-state index in [2.05, 4.69) is 4.72 Å². The van der Waals surface area contributed by atoms with Gasteiger partial charge in [-0.15, -0.1) is 11.3 Å². The van der Waals surface area contributed by atoms with E-state index in [1.54, 1.807) is 0 Å². The molecule has 0 amide bonds. The van der Waals surface area contributed by atoms with Crippen LogP contribution in [0.4, 0.5) is 10.7 Å². The molecule has 2 N–H and O–H groups in total. The lowest BCUT2D eigenvalue weighted by Crippen LogP contribution is -2.11. The molecule has 0 radical (unpaired) electrons. The molecule has 0 fully saturated rings. The van der Waals surface area contributed by atoms with Crippen molar-refractivity contribution in [3.63, 3.8) is 0 Å². The summed E-state index contributed by atoms with van der Waals surface area (Å²) >= 11 is 0.773. The monoisotopic (exact) mass is 328 g/mol. The maximum absolute atomic E-state index is 12.0. The van der Waals surface area contributed by atoms with Crippen LogP contribution < -0.4 is 4.72 Å². The second kappa shape index (κ2) is 5.50. The van der Waals surface area contributed by atoms with E-state index in [0.717, 1.165) is 35.6 Å². The maximum Gasteiger partial charge on any atom is 0.345 e. The van der Waals surface area contributed by atoms with Gasteiger partial charge in [-0.05, 0) is 24.3 Å². The molecule has 0 saturated heterocycles. The molecule has 0 unspecified atom stereocenters. The van der Waals surface area contributed by atoms with Crippen LogP contribution in [0.15, 0.2) is 41.3 Å². The first-order chi connectivity index (χ1) is 9.79. The van der Waals surface area contributed by atoms with E-state index in [-0.39, 0.29) is 20.5 Å². The molecule has 1 aromatic heterocycles. The summed E-state index contributed by atoms with van der Waals surface area (Å²) in [5, 5.41) is 19.4. The summed E-state index contributed by atoms with van der Waals surface area (Å²) in [6.45, 7) is 0. The lowest BCUT2D eigenvalue weighted by Gasteiger charge is -2.05. The van der Waals surface area contributed by atoms with Crippen molar-refractivity contribution in [2.75, 3.05) is 4.72 Å². The van der Waals surface area contributed by atoms with E-state index in [4.69, 9.17) is 5.11 Å². The molecule has 8 nitrogen and oxygen atoms in total. The number of hydrogen-bond acceptors (Lipinski definition) is 6. The highest BCUT2D eigenvalue weighted by Gasteiger charge is 2.17. The number of carbonyl (C=O) groups is 1. The Morgan fingerprint density at radius 2 is 1.81 bits per heavy atom. The Morgan fingerprint density at radius 1 is 1.19 bits per heavy atom. The minimum atomic E-state index is -3.92. The third-order valence-electron chi connectivity index (χ3n) is 2.41. The number of carboxylic acids is 1. The lowest BCUT2D eigenvalue weighted by molar-refractivity contribution is -0.384. The predicted octanol–water partition coefficient (Wildman–Crippen LogP) is 2.16. The van der Waals surface area contributed by atoms with Crippen molar-refractivity contribution in [2.24, 2.45) is 0 Å². The third-order valence-corrected chi connectivity index (χ3v) is 4.91. The fourth-order valence-corrected chi connectivity index (χ4v) is 3.48. The molecule has 2 rings (SSSR count). The number of nitro groups is 1. The fourth-order valence-electron chi connectivity index (χ4n) is 1.45. The minimum absolute atomic E-state index is 0.00333. The predicted molar refractivity (Wildman–Crippen MR) is 75.2 cm³/mol. The highest BCUT2D eigenvalue weighted by atomic mass is 32.2. The molecule has 0 bridgehead atoms. The van der Waals surface area contributed by atoms with Crippen molar-refractivity contribution in [3.05, 3.63) is 51.4 Å². The molecule has 0 saturated carbocycles. The van der Waals surface area contributed by atoms with Gasteiger partial charge in [0, 0.05) is 12.1 Å². The second-order valence-electron chi connectivity index (χ2n) is 3.83. The van der Waals surface area contributed by atoms with Crippen LogP contribution in [0.2, 0.25) is 0 Å². The molecular weight excluding hydrogens is 320 g/mol. The number of aromatic carboxylic acids is 1. The quantitative estimate of drug-likeness (QED) is 0.639. The van der Waals surface area contributed by atoms with Crippen LogP contribution in [0.1, 0.15) is 9.67 Å². The van der Waals surface area contributed by atoms with Crippen LogP contribution in [-0.2, 0) is 10.0 Å². The largest absolute Gasteiger partial charge is 0.477 e. The summed E-state index contributed by atoms with van der Waals surface area (Å²) in [6, 6.07) is 6.97. The van der Waals surface area contributed by atoms with E-state index in [9.17, 15) is 23.3 Å². The number of thiophene rings is 1. The van der Waals surface area contributed by atoms with Crippen LogP contribution in [0, 0.1) is 10.1 Å². The van der Waals surface area contributed by atoms with Gasteiger partial charge in [0.1, 0.15) is 9.88 Å². The van der Waals surface area contributed by atoms with Gasteiger partial charge in [0.25, 0.3) is 15.7 Å². The number of carboxylic acid groups (broad SMARTS) is 1. The first-order valence-corrected chi connectivity index (χ1v) is 7.70. The molecule has 1 aromatic carbocycles. The number of nitrogens with zero attached hydrogens (tertiary/aromatic N) is 1. The zero-order chi connectivity index (χ0) is 15.6. The summed E-state index contributed by atoms with van der Waals surface area (Å²) < 4.78 is 26.3. The Morgan fingerprint density at radius 3 is 2.29 bits per heavy atom. The second-order valence-corrected chi connectivity index (χ2v) is 6.59. The Labute approximate surface area is 122 Å². The zero-order valence-electron chi connectivity index (χ0n) is 10.2. The third kappa shape index (κ3) is 3.35. The molecule has 2 aromatic rings. The molecule has 21 heavy (non-hydrogen) atoms. The summed E-state index contributed by atoms with van der Waals surface area (Å²) in [6.07, 6.45) is 0. The van der Waals surface area contributed by atoms with Crippen molar-refractivity contribution in [3.8, 4) is 0 Å². The Balaban J connectivity index is 2.24.